The highest BCUT2D eigenvalue weighted by Gasteiger charge is 2.06. The summed E-state index contributed by atoms with van der Waals surface area (Å²) >= 11 is 1.56. The number of nitrogens with one attached hydrogen (secondary N) is 1. The summed E-state index contributed by atoms with van der Waals surface area (Å²) in [5.74, 6) is 0.879. The van der Waals surface area contributed by atoms with E-state index in [0.717, 1.165) is 28.1 Å². The van der Waals surface area contributed by atoms with Crippen LogP contribution in [0.3, 0.4) is 0 Å². The maximum Gasteiger partial charge on any atom is 0.214 e. The van der Waals surface area contributed by atoms with E-state index < -0.39 is 0 Å². The molecular formula is C17H16N4OS. The lowest BCUT2D eigenvalue weighted by Crippen LogP contribution is -1.99. The Morgan fingerprint density at radius 2 is 2.00 bits per heavy atom. The number of imidazole rings is 1. The van der Waals surface area contributed by atoms with E-state index in [1.54, 1.807) is 18.4 Å². The van der Waals surface area contributed by atoms with Gasteiger partial charge in [0, 0.05) is 6.54 Å². The first-order chi connectivity index (χ1) is 11.2. The van der Waals surface area contributed by atoms with Gasteiger partial charge in [-0.15, -0.1) is 5.10 Å². The van der Waals surface area contributed by atoms with Crippen LogP contribution < -0.4 is 10.1 Å². The first-order valence-corrected chi connectivity index (χ1v) is 8.16. The molecule has 0 aliphatic carbocycles. The molecule has 2 aromatic carbocycles. The monoisotopic (exact) mass is 324 g/mol. The topological polar surface area (TPSA) is 51.5 Å². The Bertz CT molecular complexity index is 957. The fourth-order valence-electron chi connectivity index (χ4n) is 2.57. The Morgan fingerprint density at radius 3 is 2.83 bits per heavy atom. The van der Waals surface area contributed by atoms with Gasteiger partial charge >= 0.3 is 0 Å². The number of methoxy groups -OCH3 is 1. The highest BCUT2D eigenvalue weighted by Crippen LogP contribution is 2.23. The molecule has 0 amide bonds. The van der Waals surface area contributed by atoms with E-state index in [2.05, 4.69) is 39.7 Å². The van der Waals surface area contributed by atoms with Gasteiger partial charge in [-0.25, -0.2) is 9.50 Å². The zero-order chi connectivity index (χ0) is 15.8. The van der Waals surface area contributed by atoms with E-state index in [-0.39, 0.29) is 0 Å². The van der Waals surface area contributed by atoms with Crippen LogP contribution in [0.15, 0.2) is 42.6 Å². The van der Waals surface area contributed by atoms with E-state index in [9.17, 15) is 0 Å². The number of anilines is 1. The number of ether oxygens (including phenoxy) is 1. The summed E-state index contributed by atoms with van der Waals surface area (Å²) in [6.07, 6.45) is 1.93. The van der Waals surface area contributed by atoms with Crippen molar-refractivity contribution in [1.29, 1.82) is 0 Å². The van der Waals surface area contributed by atoms with E-state index >= 15 is 0 Å². The minimum atomic E-state index is 0.734. The van der Waals surface area contributed by atoms with Crippen LogP contribution in [0.4, 0.5) is 5.13 Å². The van der Waals surface area contributed by atoms with E-state index in [0.29, 0.717) is 0 Å². The number of rotatable bonds is 4. The molecule has 0 atom stereocenters. The summed E-state index contributed by atoms with van der Waals surface area (Å²) in [6, 6.07) is 12.5. The molecule has 2 aromatic heterocycles. The molecule has 0 aliphatic rings. The average Bonchev–Trinajstić information content (AvgIpc) is 3.09. The Hall–Kier alpha value is -2.60. The van der Waals surface area contributed by atoms with Gasteiger partial charge in [0.25, 0.3) is 0 Å². The van der Waals surface area contributed by atoms with Crippen molar-refractivity contribution in [3.8, 4) is 5.75 Å². The number of fused-ring (bicyclic) bond motifs is 2. The molecule has 116 valence electrons. The number of nitrogens with zero attached hydrogens (tertiary/aromatic N) is 3. The van der Waals surface area contributed by atoms with Crippen LogP contribution in [0.1, 0.15) is 11.3 Å². The van der Waals surface area contributed by atoms with Crippen molar-refractivity contribution in [2.45, 2.75) is 13.5 Å². The van der Waals surface area contributed by atoms with Crippen LogP contribution in [0.2, 0.25) is 0 Å². The minimum Gasteiger partial charge on any atom is -0.497 e. The third-order valence-corrected chi connectivity index (χ3v) is 4.60. The molecule has 2 heterocycles. The molecule has 0 fully saturated rings. The normalized spacial score (nSPS) is 11.2. The van der Waals surface area contributed by atoms with Crippen LogP contribution in [-0.2, 0) is 6.54 Å². The van der Waals surface area contributed by atoms with E-state index in [1.807, 2.05) is 29.8 Å². The standard InChI is InChI=1S/C17H16N4OS/c1-11-10-21-17(19-11)23-16(20-21)18-9-12-3-4-14-8-15(22-2)6-5-13(14)7-12/h3-8,10H,9H2,1-2H3,(H,18,20). The summed E-state index contributed by atoms with van der Waals surface area (Å²) in [6.45, 7) is 2.70. The van der Waals surface area contributed by atoms with E-state index in [1.165, 1.54) is 16.3 Å². The van der Waals surface area contributed by atoms with Crippen molar-refractivity contribution in [3.05, 3.63) is 53.9 Å². The van der Waals surface area contributed by atoms with Gasteiger partial charge in [-0.3, -0.25) is 0 Å². The van der Waals surface area contributed by atoms with Crippen molar-refractivity contribution >= 4 is 32.2 Å². The molecular weight excluding hydrogens is 308 g/mol. The van der Waals surface area contributed by atoms with E-state index in [4.69, 9.17) is 4.74 Å². The molecule has 0 spiro atoms. The van der Waals surface area contributed by atoms with Gasteiger partial charge in [0.2, 0.25) is 10.1 Å². The zero-order valence-electron chi connectivity index (χ0n) is 12.9. The summed E-state index contributed by atoms with van der Waals surface area (Å²) in [5.41, 5.74) is 2.20. The molecule has 23 heavy (non-hydrogen) atoms. The van der Waals surface area contributed by atoms with Gasteiger partial charge in [0.15, 0.2) is 0 Å². The van der Waals surface area contributed by atoms with Gasteiger partial charge in [0.1, 0.15) is 5.75 Å². The van der Waals surface area contributed by atoms with Crippen molar-refractivity contribution < 1.29 is 4.74 Å². The first kappa shape index (κ1) is 14.0. The van der Waals surface area contributed by atoms with Crippen molar-refractivity contribution in [3.63, 3.8) is 0 Å². The number of hydrogen-bond donors (Lipinski definition) is 1. The Kier molecular flexibility index (Phi) is 3.38. The predicted octanol–water partition coefficient (Wildman–Crippen LogP) is 3.87. The van der Waals surface area contributed by atoms with Crippen LogP contribution in [0.25, 0.3) is 15.7 Å². The van der Waals surface area contributed by atoms with Gasteiger partial charge in [-0.2, -0.15) is 0 Å². The summed E-state index contributed by atoms with van der Waals surface area (Å²) in [7, 11) is 1.69. The SMILES string of the molecule is COc1ccc2cc(CNc3nn4cc(C)nc4s3)ccc2c1. The highest BCUT2D eigenvalue weighted by molar-refractivity contribution is 7.20. The van der Waals surface area contributed by atoms with Gasteiger partial charge in [-0.1, -0.05) is 29.5 Å². The Labute approximate surface area is 137 Å². The molecule has 0 saturated carbocycles. The lowest BCUT2D eigenvalue weighted by atomic mass is 10.1. The molecule has 6 heteroatoms. The highest BCUT2D eigenvalue weighted by atomic mass is 32.1. The maximum absolute atomic E-state index is 5.26. The fourth-order valence-corrected chi connectivity index (χ4v) is 3.39. The van der Waals surface area contributed by atoms with Crippen LogP contribution >= 0.6 is 11.3 Å². The number of aryl methyl sites for hydroxylation is 1. The van der Waals surface area contributed by atoms with Gasteiger partial charge < -0.3 is 10.1 Å². The number of benzene rings is 2. The third-order valence-electron chi connectivity index (χ3n) is 3.72. The molecule has 0 radical (unpaired) electrons. The van der Waals surface area contributed by atoms with Crippen molar-refractivity contribution in [1.82, 2.24) is 14.6 Å². The van der Waals surface area contributed by atoms with Gasteiger partial charge in [0.05, 0.1) is 19.0 Å². The maximum atomic E-state index is 5.26. The number of hydrogen-bond acceptors (Lipinski definition) is 5. The summed E-state index contributed by atoms with van der Waals surface area (Å²) in [4.78, 5) is 5.33. The third kappa shape index (κ3) is 2.73. The number of aromatic nitrogens is 3. The van der Waals surface area contributed by atoms with Crippen molar-refractivity contribution in [2.24, 2.45) is 0 Å². The lowest BCUT2D eigenvalue weighted by molar-refractivity contribution is 0.415. The van der Waals surface area contributed by atoms with Crippen LogP contribution in [0.5, 0.6) is 5.75 Å². The Morgan fingerprint density at radius 1 is 1.17 bits per heavy atom. The van der Waals surface area contributed by atoms with Crippen LogP contribution in [0, 0.1) is 6.92 Å². The largest absolute Gasteiger partial charge is 0.497 e. The molecule has 1 N–H and O–H groups in total. The van der Waals surface area contributed by atoms with Crippen molar-refractivity contribution in [2.75, 3.05) is 12.4 Å². The smallest absolute Gasteiger partial charge is 0.214 e. The molecule has 0 saturated heterocycles. The van der Waals surface area contributed by atoms with Gasteiger partial charge in [-0.05, 0) is 41.5 Å². The Balaban J connectivity index is 1.53. The summed E-state index contributed by atoms with van der Waals surface area (Å²) < 4.78 is 7.07. The summed E-state index contributed by atoms with van der Waals surface area (Å²) in [5, 5.41) is 11.1. The molecule has 4 aromatic rings. The predicted molar refractivity (Wildman–Crippen MR) is 93.4 cm³/mol. The molecule has 0 bridgehead atoms. The molecule has 4 rings (SSSR count). The quantitative estimate of drug-likeness (QED) is 0.619. The molecule has 0 unspecified atom stereocenters. The second kappa shape index (κ2) is 5.55. The second-order valence-electron chi connectivity index (χ2n) is 5.42. The van der Waals surface area contributed by atoms with Crippen LogP contribution in [-0.4, -0.2) is 21.7 Å². The average molecular weight is 324 g/mol. The molecule has 0 aliphatic heterocycles. The zero-order valence-corrected chi connectivity index (χ0v) is 13.7. The lowest BCUT2D eigenvalue weighted by Gasteiger charge is -2.06. The molecule has 5 nitrogen and oxygen atoms in total. The first-order valence-electron chi connectivity index (χ1n) is 7.35. The fraction of sp³-hybridized carbons (Fsp3) is 0.176. The minimum absolute atomic E-state index is 0.734. The second-order valence-corrected chi connectivity index (χ2v) is 6.37.